The number of methoxy groups -OCH3 is 2. The van der Waals surface area contributed by atoms with E-state index in [0.29, 0.717) is 54.4 Å². The van der Waals surface area contributed by atoms with Crippen molar-refractivity contribution in [1.29, 1.82) is 0 Å². The Morgan fingerprint density at radius 3 is 1.50 bits per heavy atom. The molecule has 11 rings (SSSR count). The normalized spacial score (nSPS) is 24.6. The zero-order valence-corrected chi connectivity index (χ0v) is 61.1. The summed E-state index contributed by atoms with van der Waals surface area (Å²) in [4.78, 5) is 129. The number of carbonyl (C=O) groups excluding carboxylic acids is 9. The molecule has 110 heavy (non-hydrogen) atoms. The molecule has 592 valence electrons. The van der Waals surface area contributed by atoms with E-state index in [0.717, 1.165) is 26.9 Å². The molecule has 0 aromatic heterocycles. The number of benzene rings is 4. The predicted octanol–water partition coefficient (Wildman–Crippen LogP) is 3.32. The van der Waals surface area contributed by atoms with Gasteiger partial charge in [-0.15, -0.1) is 0 Å². The van der Waals surface area contributed by atoms with E-state index < -0.39 is 153 Å². The fraction of sp³-hybridized carbons (Fsp3) is 0.494. The van der Waals surface area contributed by atoms with Crippen LogP contribution in [-0.2, 0) is 51.3 Å². The molecule has 7 aliphatic rings. The average Bonchev–Trinajstić information content (AvgIpc) is 1.60. The first kappa shape index (κ1) is 81.2. The third kappa shape index (κ3) is 17.8. The lowest BCUT2D eigenvalue weighted by Gasteiger charge is -2.35. The molecule has 2 unspecified atom stereocenters. The van der Waals surface area contributed by atoms with Crippen LogP contribution in [0.4, 0.5) is 21.0 Å². The van der Waals surface area contributed by atoms with Crippen molar-refractivity contribution >= 4 is 64.5 Å². The summed E-state index contributed by atoms with van der Waals surface area (Å²) in [5, 5.41) is 86.5. The highest BCUT2D eigenvalue weighted by Gasteiger charge is 2.49. The standard InChI is InChI=1S/C77H92N6O27/c1-40-25-51-72(97)82(76(99)107-36-43-16-18-59(109-74-68(93)66(91)57(87)38-105-74)47(28-43)54(84)13-8-6-9-14-56(86)53(33-78)81-64(89)20-21-65(81)90)49-31-61(42(3)27-45(49)70(95)79(51)34-40)103-23-10-7-11-24-104-63-32-50-46(30-62(63)102-5)71(96)80-35-41(2)26-52(80)73(98)83(50)77(100)108-37-44-17-19-60(48(29-44)55(85)15-12-22-101-4)110-75-69(94)67(92)58(88)39-106-75/h16-21,27-32,51-53,57-58,66-69,72-75,87-88,91-94,97-98H,1-2,6-15,22-26,33-39,78H2,3-5H3/t51-,52-,53-,57+,58+,66-,67-,68+,69+,72?,73?,74-,75-/m0/s1. The van der Waals surface area contributed by atoms with Crippen LogP contribution in [-0.4, -0.2) is 255 Å². The van der Waals surface area contributed by atoms with Crippen molar-refractivity contribution in [2.45, 2.75) is 177 Å². The molecule has 0 aliphatic carbocycles. The zero-order chi connectivity index (χ0) is 78.9. The molecule has 0 radical (unpaired) electrons. The summed E-state index contributed by atoms with van der Waals surface area (Å²) in [6.07, 6.45) is -13.0. The van der Waals surface area contributed by atoms with Gasteiger partial charge in [0.25, 0.3) is 23.6 Å². The fourth-order valence-electron chi connectivity index (χ4n) is 14.2. The topological polar surface area (TPSA) is 450 Å². The Morgan fingerprint density at radius 2 is 1.01 bits per heavy atom. The van der Waals surface area contributed by atoms with Crippen LogP contribution in [0.1, 0.15) is 135 Å². The van der Waals surface area contributed by atoms with Crippen molar-refractivity contribution < 1.29 is 131 Å². The van der Waals surface area contributed by atoms with Gasteiger partial charge >= 0.3 is 12.2 Å². The Balaban J connectivity index is 0.746. The number of carbonyl (C=O) groups is 9. The highest BCUT2D eigenvalue weighted by atomic mass is 16.7. The summed E-state index contributed by atoms with van der Waals surface area (Å²) in [6, 6.07) is 11.4. The van der Waals surface area contributed by atoms with Gasteiger partial charge in [0.1, 0.15) is 73.1 Å². The molecule has 4 aromatic rings. The van der Waals surface area contributed by atoms with E-state index >= 15 is 0 Å². The molecule has 13 atom stereocenters. The smallest absolute Gasteiger partial charge is 0.416 e. The predicted molar refractivity (Wildman–Crippen MR) is 385 cm³/mol. The van der Waals surface area contributed by atoms with E-state index in [9.17, 15) is 84.0 Å². The number of ketones is 3. The summed E-state index contributed by atoms with van der Waals surface area (Å²) in [7, 11) is 2.86. The number of anilines is 2. The summed E-state index contributed by atoms with van der Waals surface area (Å²) in [6.45, 7) is 8.48. The monoisotopic (exact) mass is 1530 g/mol. The molecule has 4 aromatic carbocycles. The van der Waals surface area contributed by atoms with E-state index in [1.807, 2.05) is 0 Å². The van der Waals surface area contributed by atoms with Crippen molar-refractivity contribution in [3.05, 3.63) is 136 Å². The number of imide groups is 1. The van der Waals surface area contributed by atoms with Crippen molar-refractivity contribution in [1.82, 2.24) is 14.7 Å². The van der Waals surface area contributed by atoms with E-state index in [4.69, 9.17) is 53.1 Å². The number of rotatable bonds is 32. The highest BCUT2D eigenvalue weighted by molar-refractivity contribution is 6.15. The summed E-state index contributed by atoms with van der Waals surface area (Å²) in [5.74, 6) is -3.22. The van der Waals surface area contributed by atoms with Crippen LogP contribution in [0.15, 0.2) is 97.1 Å². The molecule has 33 heteroatoms. The summed E-state index contributed by atoms with van der Waals surface area (Å²) >= 11 is 0. The molecule has 4 fully saturated rings. The molecular formula is C77H92N6O27. The number of aryl methyl sites for hydroxylation is 1. The van der Waals surface area contributed by atoms with Gasteiger partial charge in [0.15, 0.2) is 41.3 Å². The molecule has 33 nitrogen and oxygen atoms in total. The highest BCUT2D eigenvalue weighted by Crippen LogP contribution is 2.44. The Labute approximate surface area is 632 Å². The van der Waals surface area contributed by atoms with Crippen molar-refractivity contribution in [3.63, 3.8) is 0 Å². The summed E-state index contributed by atoms with van der Waals surface area (Å²) in [5.41, 5.74) is 8.06. The molecule has 6 amide bonds. The number of nitrogens with two attached hydrogens (primary N) is 1. The average molecular weight is 1530 g/mol. The Bertz CT molecular complexity index is 4190. The lowest BCUT2D eigenvalue weighted by Crippen LogP contribution is -2.54. The molecule has 0 bridgehead atoms. The molecular weight excluding hydrogens is 1440 g/mol. The molecule has 7 aliphatic heterocycles. The number of Topliss-reactive ketones (excluding diaryl/α,β-unsaturated/α-hetero) is 3. The number of nitrogens with zero attached hydrogens (tertiary/aromatic N) is 5. The van der Waals surface area contributed by atoms with Gasteiger partial charge in [0.05, 0.1) is 79.2 Å². The number of amides is 6. The molecule has 4 saturated heterocycles. The van der Waals surface area contributed by atoms with Crippen LogP contribution in [0.2, 0.25) is 0 Å². The lowest BCUT2D eigenvalue weighted by atomic mass is 9.99. The maximum atomic E-state index is 14.6. The number of fused-ring (bicyclic) bond motifs is 4. The van der Waals surface area contributed by atoms with Crippen LogP contribution >= 0.6 is 0 Å². The van der Waals surface area contributed by atoms with Gasteiger partial charge in [-0.3, -0.25) is 38.5 Å². The Hall–Kier alpha value is -9.75. The number of ether oxygens (including phenoxy) is 10. The van der Waals surface area contributed by atoms with Gasteiger partial charge in [-0.25, -0.2) is 19.4 Å². The third-order valence-corrected chi connectivity index (χ3v) is 20.2. The maximum Gasteiger partial charge on any atom is 0.416 e. The number of aliphatic hydroxyl groups is 8. The molecule has 0 saturated carbocycles. The number of unbranched alkanes of at least 4 members (excludes halogenated alkanes) is 4. The van der Waals surface area contributed by atoms with E-state index in [2.05, 4.69) is 13.2 Å². The van der Waals surface area contributed by atoms with Crippen molar-refractivity contribution in [2.24, 2.45) is 5.73 Å². The second kappa shape index (κ2) is 35.9. The first-order valence-corrected chi connectivity index (χ1v) is 36.3. The van der Waals surface area contributed by atoms with Crippen LogP contribution in [0, 0.1) is 6.92 Å². The largest absolute Gasteiger partial charge is 0.493 e. The molecule has 7 heterocycles. The lowest BCUT2D eigenvalue weighted by molar-refractivity contribution is -0.242. The Kier molecular flexibility index (Phi) is 26.6. The summed E-state index contributed by atoms with van der Waals surface area (Å²) < 4.78 is 57.9. The van der Waals surface area contributed by atoms with Crippen LogP contribution in [0.5, 0.6) is 28.7 Å². The van der Waals surface area contributed by atoms with Gasteiger partial charge in [0, 0.05) is 76.9 Å². The number of hydrogen-bond acceptors (Lipinski definition) is 28. The molecule has 10 N–H and O–H groups in total. The minimum atomic E-state index is -1.73. The second-order valence-corrected chi connectivity index (χ2v) is 28.0. The maximum absolute atomic E-state index is 14.6. The fourth-order valence-corrected chi connectivity index (χ4v) is 14.2. The van der Waals surface area contributed by atoms with E-state index in [-0.39, 0.29) is 159 Å². The third-order valence-electron chi connectivity index (χ3n) is 20.2. The van der Waals surface area contributed by atoms with Crippen LogP contribution < -0.4 is 39.2 Å². The SMILES string of the molecule is C=C1C[C@H]2C(O)N(C(=O)OCc3ccc(O[C@@H]4OC[C@@H](O)[C@H](O)[C@H]4O)c(C(=O)CCCCCC(=O)[C@H](CN)N4C(=O)C=CC4=O)c3)c3cc(OCCCCCOc4cc5c(cc4OC)C(=O)N4CC(=C)C[C@H]4C(O)N5C(=O)OCc4ccc(O[C@@H]5OC[C@@H](O)[C@H](O)[C@H]5O)c(C(=O)CCCOC)c4)c(C)cc3C(=O)N2C1. The van der Waals surface area contributed by atoms with Crippen molar-refractivity contribution in [3.8, 4) is 28.7 Å². The zero-order valence-electron chi connectivity index (χ0n) is 61.1. The second-order valence-electron chi connectivity index (χ2n) is 28.0. The van der Waals surface area contributed by atoms with E-state index in [1.54, 1.807) is 13.0 Å². The first-order valence-electron chi connectivity index (χ1n) is 36.3. The first-order chi connectivity index (χ1) is 52.7. The number of hydrogen-bond donors (Lipinski definition) is 9. The van der Waals surface area contributed by atoms with Gasteiger partial charge < -0.3 is 104 Å². The van der Waals surface area contributed by atoms with Gasteiger partial charge in [-0.2, -0.15) is 0 Å². The van der Waals surface area contributed by atoms with Crippen molar-refractivity contribution in [2.75, 3.05) is 76.7 Å². The molecule has 0 spiro atoms. The van der Waals surface area contributed by atoms with Gasteiger partial charge in [-0.05, 0) is 111 Å². The van der Waals surface area contributed by atoms with E-state index in [1.165, 1.54) is 78.6 Å². The van der Waals surface area contributed by atoms with Crippen LogP contribution in [0.25, 0.3) is 0 Å². The van der Waals surface area contributed by atoms with Gasteiger partial charge in [-0.1, -0.05) is 42.9 Å². The minimum absolute atomic E-state index is 0.00940. The van der Waals surface area contributed by atoms with Gasteiger partial charge in [0.2, 0.25) is 12.6 Å². The van der Waals surface area contributed by atoms with Crippen LogP contribution in [0.3, 0.4) is 0 Å². The number of aliphatic hydroxyl groups excluding tert-OH is 8. The Morgan fingerprint density at radius 1 is 0.545 bits per heavy atom. The quantitative estimate of drug-likeness (QED) is 0.0146. The minimum Gasteiger partial charge on any atom is -0.493 e.